The van der Waals surface area contributed by atoms with Gasteiger partial charge in [-0.3, -0.25) is 4.79 Å². The standard InChI is InChI=1S/C27H29FN2O4S/c1-20(34-26-10-6-5-9-25(26)28)27(31)29-23-11-13-24(14-12-23)35(32,33)30-17-15-22(16-18-30)19-21-7-3-2-4-8-21/h2-14,20,22H,15-19H2,1H3,(H,29,31)/t20-/m0/s1. The first kappa shape index (κ1) is 24.9. The lowest BCUT2D eigenvalue weighted by atomic mass is 9.91. The third-order valence-electron chi connectivity index (χ3n) is 6.21. The van der Waals surface area contributed by atoms with Crippen LogP contribution in [-0.4, -0.2) is 37.8 Å². The molecule has 1 heterocycles. The molecule has 8 heteroatoms. The first-order valence-corrected chi connectivity index (χ1v) is 13.1. The highest BCUT2D eigenvalue weighted by Crippen LogP contribution is 2.27. The highest BCUT2D eigenvalue weighted by atomic mass is 32.2. The van der Waals surface area contributed by atoms with Crippen molar-refractivity contribution in [3.05, 3.63) is 90.2 Å². The number of hydrogen-bond donors (Lipinski definition) is 1. The minimum atomic E-state index is -3.61. The first-order chi connectivity index (χ1) is 16.8. The number of piperidine rings is 1. The zero-order chi connectivity index (χ0) is 24.8. The molecule has 4 rings (SSSR count). The third-order valence-corrected chi connectivity index (χ3v) is 8.12. The lowest BCUT2D eigenvalue weighted by molar-refractivity contribution is -0.122. The van der Waals surface area contributed by atoms with Crippen molar-refractivity contribution in [1.82, 2.24) is 4.31 Å². The number of rotatable bonds is 8. The molecule has 3 aromatic carbocycles. The number of ether oxygens (including phenoxy) is 1. The van der Waals surface area contributed by atoms with E-state index in [9.17, 15) is 17.6 Å². The van der Waals surface area contributed by atoms with Crippen LogP contribution in [0.2, 0.25) is 0 Å². The minimum absolute atomic E-state index is 0.0101. The maximum atomic E-state index is 13.8. The number of halogens is 1. The van der Waals surface area contributed by atoms with Crippen LogP contribution in [0.15, 0.2) is 83.8 Å². The Hall–Kier alpha value is -3.23. The van der Waals surface area contributed by atoms with Crippen molar-refractivity contribution in [1.29, 1.82) is 0 Å². The summed E-state index contributed by atoms with van der Waals surface area (Å²) in [6.45, 7) is 2.49. The molecule has 35 heavy (non-hydrogen) atoms. The quantitative estimate of drug-likeness (QED) is 0.483. The molecule has 1 aliphatic rings. The molecule has 0 bridgehead atoms. The van der Waals surface area contributed by atoms with E-state index in [1.54, 1.807) is 18.2 Å². The average molecular weight is 497 g/mol. The van der Waals surface area contributed by atoms with E-state index in [0.29, 0.717) is 24.7 Å². The molecular weight excluding hydrogens is 467 g/mol. The molecule has 1 fully saturated rings. The van der Waals surface area contributed by atoms with Crippen LogP contribution in [0.25, 0.3) is 0 Å². The van der Waals surface area contributed by atoms with E-state index in [1.165, 1.54) is 47.1 Å². The molecule has 0 saturated carbocycles. The predicted molar refractivity (Wildman–Crippen MR) is 133 cm³/mol. The maximum absolute atomic E-state index is 13.8. The Labute approximate surface area is 205 Å². The lowest BCUT2D eigenvalue weighted by Gasteiger charge is -2.31. The summed E-state index contributed by atoms with van der Waals surface area (Å²) in [7, 11) is -3.61. The number of carbonyl (C=O) groups is 1. The highest BCUT2D eigenvalue weighted by Gasteiger charge is 2.29. The van der Waals surface area contributed by atoms with Crippen LogP contribution < -0.4 is 10.1 Å². The summed E-state index contributed by atoms with van der Waals surface area (Å²) in [5.74, 6) is -0.561. The Morgan fingerprint density at radius 1 is 1.00 bits per heavy atom. The van der Waals surface area contributed by atoms with Crippen LogP contribution >= 0.6 is 0 Å². The number of hydrogen-bond acceptors (Lipinski definition) is 4. The predicted octanol–water partition coefficient (Wildman–Crippen LogP) is 4.88. The number of para-hydroxylation sites is 1. The third kappa shape index (κ3) is 6.26. The molecule has 3 aromatic rings. The van der Waals surface area contributed by atoms with Crippen LogP contribution in [-0.2, 0) is 21.2 Å². The SMILES string of the molecule is C[C@H](Oc1ccccc1F)C(=O)Nc1ccc(S(=O)(=O)N2CCC(Cc3ccccc3)CC2)cc1. The van der Waals surface area contributed by atoms with Gasteiger partial charge in [-0.25, -0.2) is 12.8 Å². The molecule has 184 valence electrons. The van der Waals surface area contributed by atoms with Crippen molar-refractivity contribution in [2.75, 3.05) is 18.4 Å². The number of nitrogens with one attached hydrogen (secondary N) is 1. The van der Waals surface area contributed by atoms with E-state index in [2.05, 4.69) is 17.4 Å². The van der Waals surface area contributed by atoms with Crippen LogP contribution in [0.1, 0.15) is 25.3 Å². The molecule has 0 radical (unpaired) electrons. The summed E-state index contributed by atoms with van der Waals surface area (Å²) in [5.41, 5.74) is 1.71. The van der Waals surface area contributed by atoms with Gasteiger partial charge in [0.25, 0.3) is 5.91 Å². The summed E-state index contributed by atoms with van der Waals surface area (Å²) in [6, 6.07) is 22.2. The Morgan fingerprint density at radius 3 is 2.29 bits per heavy atom. The monoisotopic (exact) mass is 496 g/mol. The molecule has 6 nitrogen and oxygen atoms in total. The van der Waals surface area contributed by atoms with Gasteiger partial charge < -0.3 is 10.1 Å². The number of sulfonamides is 1. The Balaban J connectivity index is 1.32. The van der Waals surface area contributed by atoms with E-state index in [-0.39, 0.29) is 10.6 Å². The van der Waals surface area contributed by atoms with Gasteiger partial charge in [0.15, 0.2) is 17.7 Å². The van der Waals surface area contributed by atoms with Crippen LogP contribution in [0.5, 0.6) is 5.75 Å². The maximum Gasteiger partial charge on any atom is 0.265 e. The van der Waals surface area contributed by atoms with Crippen molar-refractivity contribution in [3.8, 4) is 5.75 Å². The minimum Gasteiger partial charge on any atom is -0.478 e. The second kappa shape index (κ2) is 11.0. The van der Waals surface area contributed by atoms with Crippen molar-refractivity contribution < 1.29 is 22.3 Å². The van der Waals surface area contributed by atoms with Crippen molar-refractivity contribution in [2.24, 2.45) is 5.92 Å². The van der Waals surface area contributed by atoms with E-state index >= 15 is 0 Å². The molecule has 0 aliphatic carbocycles. The van der Waals surface area contributed by atoms with Gasteiger partial charge in [0.2, 0.25) is 10.0 Å². The number of anilines is 1. The van der Waals surface area contributed by atoms with Crippen LogP contribution in [0.3, 0.4) is 0 Å². The average Bonchev–Trinajstić information content (AvgIpc) is 2.86. The van der Waals surface area contributed by atoms with Gasteiger partial charge >= 0.3 is 0 Å². The zero-order valence-corrected chi connectivity index (χ0v) is 20.4. The van der Waals surface area contributed by atoms with Gasteiger partial charge in [0.05, 0.1) is 4.90 Å². The van der Waals surface area contributed by atoms with Crippen molar-refractivity contribution in [3.63, 3.8) is 0 Å². The fourth-order valence-corrected chi connectivity index (χ4v) is 5.66. The van der Waals surface area contributed by atoms with Crippen LogP contribution in [0, 0.1) is 11.7 Å². The van der Waals surface area contributed by atoms with E-state index < -0.39 is 27.9 Å². The molecule has 1 saturated heterocycles. The van der Waals surface area contributed by atoms with Gasteiger partial charge in [0.1, 0.15) is 0 Å². The number of benzene rings is 3. The van der Waals surface area contributed by atoms with Gasteiger partial charge in [-0.1, -0.05) is 42.5 Å². The molecule has 1 amide bonds. The second-order valence-corrected chi connectivity index (χ2v) is 10.7. The topological polar surface area (TPSA) is 75.7 Å². The largest absolute Gasteiger partial charge is 0.478 e. The Bertz CT molecular complexity index is 1240. The zero-order valence-electron chi connectivity index (χ0n) is 19.6. The number of carbonyl (C=O) groups excluding carboxylic acids is 1. The summed E-state index contributed by atoms with van der Waals surface area (Å²) in [4.78, 5) is 12.6. The summed E-state index contributed by atoms with van der Waals surface area (Å²) < 4.78 is 46.9. The molecule has 0 spiro atoms. The van der Waals surface area contributed by atoms with Crippen LogP contribution in [0.4, 0.5) is 10.1 Å². The Morgan fingerprint density at radius 2 is 1.63 bits per heavy atom. The molecular formula is C27H29FN2O4S. The molecule has 0 aromatic heterocycles. The van der Waals surface area contributed by atoms with Gasteiger partial charge in [-0.05, 0) is 74.1 Å². The van der Waals surface area contributed by atoms with Gasteiger partial charge in [0, 0.05) is 18.8 Å². The first-order valence-electron chi connectivity index (χ1n) is 11.7. The molecule has 1 aliphatic heterocycles. The Kier molecular flexibility index (Phi) is 7.83. The van der Waals surface area contributed by atoms with Gasteiger partial charge in [-0.2, -0.15) is 4.31 Å². The fourth-order valence-electron chi connectivity index (χ4n) is 4.19. The molecule has 0 unspecified atom stereocenters. The lowest BCUT2D eigenvalue weighted by Crippen LogP contribution is -2.38. The fraction of sp³-hybridized carbons (Fsp3) is 0.296. The molecule has 1 atom stereocenters. The summed E-state index contributed by atoms with van der Waals surface area (Å²) in [6.07, 6.45) is 1.67. The van der Waals surface area contributed by atoms with E-state index in [4.69, 9.17) is 4.74 Å². The second-order valence-electron chi connectivity index (χ2n) is 8.74. The van der Waals surface area contributed by atoms with Gasteiger partial charge in [-0.15, -0.1) is 0 Å². The normalized spacial score (nSPS) is 15.9. The smallest absolute Gasteiger partial charge is 0.265 e. The summed E-state index contributed by atoms with van der Waals surface area (Å²) in [5, 5.41) is 2.67. The van der Waals surface area contributed by atoms with E-state index in [1.807, 2.05) is 18.2 Å². The number of amides is 1. The summed E-state index contributed by atoms with van der Waals surface area (Å²) >= 11 is 0. The highest BCUT2D eigenvalue weighted by molar-refractivity contribution is 7.89. The number of nitrogens with zero attached hydrogens (tertiary/aromatic N) is 1. The molecule has 1 N–H and O–H groups in total. The van der Waals surface area contributed by atoms with Crippen molar-refractivity contribution >= 4 is 21.6 Å². The van der Waals surface area contributed by atoms with E-state index in [0.717, 1.165) is 19.3 Å². The van der Waals surface area contributed by atoms with Crippen molar-refractivity contribution in [2.45, 2.75) is 37.2 Å².